The fourth-order valence-corrected chi connectivity index (χ4v) is 2.34. The minimum absolute atomic E-state index is 0.223. The topological polar surface area (TPSA) is 57.1 Å². The molecule has 0 radical (unpaired) electrons. The zero-order valence-electron chi connectivity index (χ0n) is 13.1. The first-order valence-corrected chi connectivity index (χ1v) is 7.49. The quantitative estimate of drug-likeness (QED) is 0.627. The van der Waals surface area contributed by atoms with E-state index in [4.69, 9.17) is 25.8 Å². The molecule has 0 aliphatic carbocycles. The molecule has 0 N–H and O–H groups in total. The lowest BCUT2D eigenvalue weighted by atomic mass is 10.2. The molecule has 1 aliphatic rings. The molecule has 0 spiro atoms. The van der Waals surface area contributed by atoms with Crippen molar-refractivity contribution in [2.24, 2.45) is 4.99 Å². The Hall–Kier alpha value is -2.79. The second-order valence-corrected chi connectivity index (χ2v) is 5.39. The number of benzene rings is 2. The highest BCUT2D eigenvalue weighted by molar-refractivity contribution is 6.30. The van der Waals surface area contributed by atoms with Gasteiger partial charge in [-0.1, -0.05) is 23.7 Å². The van der Waals surface area contributed by atoms with Gasteiger partial charge in [0.1, 0.15) is 0 Å². The third-order valence-electron chi connectivity index (χ3n) is 3.42. The molecule has 1 aliphatic heterocycles. The molecule has 0 aromatic heterocycles. The van der Waals surface area contributed by atoms with E-state index in [0.717, 1.165) is 5.56 Å². The first-order valence-electron chi connectivity index (χ1n) is 7.11. The van der Waals surface area contributed by atoms with Crippen LogP contribution in [-0.4, -0.2) is 26.1 Å². The van der Waals surface area contributed by atoms with Crippen molar-refractivity contribution in [3.63, 3.8) is 0 Å². The number of hydrogen-bond acceptors (Lipinski definition) is 5. The lowest BCUT2D eigenvalue weighted by molar-refractivity contribution is -0.129. The van der Waals surface area contributed by atoms with Gasteiger partial charge in [-0.2, -0.15) is 0 Å². The van der Waals surface area contributed by atoms with Crippen molar-refractivity contribution in [3.05, 3.63) is 64.3 Å². The van der Waals surface area contributed by atoms with Crippen LogP contribution < -0.4 is 9.47 Å². The summed E-state index contributed by atoms with van der Waals surface area (Å²) in [7, 11) is 3.09. The molecule has 0 unspecified atom stereocenters. The van der Waals surface area contributed by atoms with E-state index in [2.05, 4.69) is 4.99 Å². The minimum atomic E-state index is -0.505. The van der Waals surface area contributed by atoms with E-state index in [-0.39, 0.29) is 11.6 Å². The van der Waals surface area contributed by atoms with Gasteiger partial charge in [0.2, 0.25) is 5.90 Å². The van der Waals surface area contributed by atoms with Crippen molar-refractivity contribution in [3.8, 4) is 11.5 Å². The average molecular weight is 344 g/mol. The summed E-state index contributed by atoms with van der Waals surface area (Å²) in [6, 6.07) is 12.3. The molecule has 3 rings (SSSR count). The Bertz CT molecular complexity index is 841. The van der Waals surface area contributed by atoms with Crippen molar-refractivity contribution < 1.29 is 19.0 Å². The van der Waals surface area contributed by atoms with Gasteiger partial charge in [-0.05, 0) is 42.0 Å². The van der Waals surface area contributed by atoms with Crippen LogP contribution in [0.2, 0.25) is 5.02 Å². The van der Waals surface area contributed by atoms with Crippen LogP contribution >= 0.6 is 11.6 Å². The zero-order chi connectivity index (χ0) is 17.1. The normalized spacial score (nSPS) is 15.2. The Morgan fingerprint density at radius 2 is 1.75 bits per heavy atom. The van der Waals surface area contributed by atoms with Gasteiger partial charge in [0, 0.05) is 10.6 Å². The van der Waals surface area contributed by atoms with E-state index in [1.54, 1.807) is 55.7 Å². The van der Waals surface area contributed by atoms with Crippen LogP contribution in [-0.2, 0) is 9.53 Å². The largest absolute Gasteiger partial charge is 0.493 e. The number of carbonyl (C=O) groups is 1. The number of nitrogens with zero attached hydrogens (tertiary/aromatic N) is 1. The number of rotatable bonds is 4. The van der Waals surface area contributed by atoms with Gasteiger partial charge in [0.05, 0.1) is 14.2 Å². The summed E-state index contributed by atoms with van der Waals surface area (Å²) < 4.78 is 15.7. The lowest BCUT2D eigenvalue weighted by Crippen LogP contribution is -2.05. The van der Waals surface area contributed by atoms with Crippen molar-refractivity contribution in [2.75, 3.05) is 14.2 Å². The summed E-state index contributed by atoms with van der Waals surface area (Å²) in [5.41, 5.74) is 1.66. The van der Waals surface area contributed by atoms with Gasteiger partial charge in [-0.15, -0.1) is 0 Å². The van der Waals surface area contributed by atoms with E-state index in [1.165, 1.54) is 7.11 Å². The summed E-state index contributed by atoms with van der Waals surface area (Å²) in [6.45, 7) is 0. The maximum absolute atomic E-state index is 12.0. The fourth-order valence-electron chi connectivity index (χ4n) is 2.22. The molecule has 0 atom stereocenters. The summed E-state index contributed by atoms with van der Waals surface area (Å²) >= 11 is 5.85. The minimum Gasteiger partial charge on any atom is -0.493 e. The van der Waals surface area contributed by atoms with Crippen LogP contribution in [0.1, 0.15) is 11.1 Å². The Morgan fingerprint density at radius 3 is 2.42 bits per heavy atom. The van der Waals surface area contributed by atoms with Crippen LogP contribution in [0.5, 0.6) is 11.5 Å². The number of esters is 1. The van der Waals surface area contributed by atoms with E-state index >= 15 is 0 Å². The van der Waals surface area contributed by atoms with Crippen LogP contribution in [0.3, 0.4) is 0 Å². The van der Waals surface area contributed by atoms with Crippen molar-refractivity contribution in [2.45, 2.75) is 0 Å². The van der Waals surface area contributed by atoms with Gasteiger partial charge < -0.3 is 14.2 Å². The van der Waals surface area contributed by atoms with Crippen LogP contribution in [0.4, 0.5) is 0 Å². The van der Waals surface area contributed by atoms with Crippen molar-refractivity contribution in [1.29, 1.82) is 0 Å². The third kappa shape index (κ3) is 3.26. The number of cyclic esters (lactones) is 1. The second-order valence-electron chi connectivity index (χ2n) is 4.96. The van der Waals surface area contributed by atoms with Gasteiger partial charge in [-0.25, -0.2) is 9.79 Å². The molecule has 0 fully saturated rings. The summed E-state index contributed by atoms with van der Waals surface area (Å²) in [5, 5.41) is 0.626. The number of aliphatic imine (C=N–C) groups is 1. The highest BCUT2D eigenvalue weighted by atomic mass is 35.5. The highest BCUT2D eigenvalue weighted by Gasteiger charge is 2.25. The Kier molecular flexibility index (Phi) is 4.53. The molecule has 0 saturated heterocycles. The number of carbonyl (C=O) groups excluding carboxylic acids is 1. The predicted octanol–water partition coefficient (Wildman–Crippen LogP) is 3.70. The Balaban J connectivity index is 1.93. The van der Waals surface area contributed by atoms with Crippen LogP contribution in [0.15, 0.2) is 53.2 Å². The fraction of sp³-hybridized carbons (Fsp3) is 0.111. The van der Waals surface area contributed by atoms with Crippen molar-refractivity contribution >= 4 is 29.5 Å². The summed E-state index contributed by atoms with van der Waals surface area (Å²) in [4.78, 5) is 16.3. The van der Waals surface area contributed by atoms with Gasteiger partial charge in [-0.3, -0.25) is 0 Å². The molecule has 0 bridgehead atoms. The van der Waals surface area contributed by atoms with E-state index < -0.39 is 5.97 Å². The summed E-state index contributed by atoms with van der Waals surface area (Å²) in [5.74, 6) is 0.836. The number of halogens is 1. The lowest BCUT2D eigenvalue weighted by Gasteiger charge is -2.08. The molecule has 24 heavy (non-hydrogen) atoms. The van der Waals surface area contributed by atoms with E-state index in [0.29, 0.717) is 22.1 Å². The molecular formula is C18H14ClNO4. The SMILES string of the molecule is COc1ccc(C2=NC(=Cc3ccc(Cl)cc3)C(=O)O2)cc1OC. The van der Waals surface area contributed by atoms with Crippen LogP contribution in [0, 0.1) is 0 Å². The maximum atomic E-state index is 12.0. The van der Waals surface area contributed by atoms with E-state index in [9.17, 15) is 4.79 Å². The molecule has 122 valence electrons. The van der Waals surface area contributed by atoms with E-state index in [1.807, 2.05) is 0 Å². The van der Waals surface area contributed by atoms with Crippen molar-refractivity contribution in [1.82, 2.24) is 0 Å². The zero-order valence-corrected chi connectivity index (χ0v) is 13.8. The smallest absolute Gasteiger partial charge is 0.363 e. The number of methoxy groups -OCH3 is 2. The molecule has 0 saturated carbocycles. The Labute approximate surface area is 144 Å². The number of ether oxygens (including phenoxy) is 3. The average Bonchev–Trinajstić information content (AvgIpc) is 2.97. The monoisotopic (exact) mass is 343 g/mol. The highest BCUT2D eigenvalue weighted by Crippen LogP contribution is 2.29. The molecule has 0 amide bonds. The predicted molar refractivity (Wildman–Crippen MR) is 91.6 cm³/mol. The Morgan fingerprint density at radius 1 is 1.04 bits per heavy atom. The van der Waals surface area contributed by atoms with Gasteiger partial charge >= 0.3 is 5.97 Å². The first kappa shape index (κ1) is 16.1. The second kappa shape index (κ2) is 6.76. The maximum Gasteiger partial charge on any atom is 0.363 e. The molecule has 1 heterocycles. The van der Waals surface area contributed by atoms with Crippen LogP contribution in [0.25, 0.3) is 6.08 Å². The molecule has 6 heteroatoms. The third-order valence-corrected chi connectivity index (χ3v) is 3.68. The van der Waals surface area contributed by atoms with Gasteiger partial charge in [0.15, 0.2) is 17.2 Å². The molecule has 2 aromatic carbocycles. The standard InChI is InChI=1S/C18H14ClNO4/c1-22-15-8-5-12(10-16(15)23-2)17-20-14(18(21)24-17)9-11-3-6-13(19)7-4-11/h3-10H,1-2H3. The molecule has 5 nitrogen and oxygen atoms in total. The summed E-state index contributed by atoms with van der Waals surface area (Å²) in [6.07, 6.45) is 1.65. The van der Waals surface area contributed by atoms with Gasteiger partial charge in [0.25, 0.3) is 0 Å². The first-order chi connectivity index (χ1) is 11.6. The molecule has 2 aromatic rings. The molecular weight excluding hydrogens is 330 g/mol. The number of hydrogen-bond donors (Lipinski definition) is 0.